The maximum absolute atomic E-state index is 15.0. The molecule has 0 fully saturated rings. The van der Waals surface area contributed by atoms with E-state index in [1.807, 2.05) is 83.9 Å². The van der Waals surface area contributed by atoms with Crippen LogP contribution in [-0.2, 0) is 0 Å². The largest absolute Gasteiger partial charge is 0.454 e. The number of hydrogen-bond donors (Lipinski definition) is 0. The molecule has 1 atom stereocenters. The SMILES string of the molecule is Fc1cc(C2CC(c3ccc(Cl)cc3)=NN2c2ccccc2)ccc1Oc1ccccc1. The Labute approximate surface area is 191 Å². The van der Waals surface area contributed by atoms with Gasteiger partial charge in [-0.2, -0.15) is 5.10 Å². The van der Waals surface area contributed by atoms with Crippen molar-refractivity contribution in [1.82, 2.24) is 0 Å². The summed E-state index contributed by atoms with van der Waals surface area (Å²) in [6, 6.07) is 31.7. The average Bonchev–Trinajstić information content (AvgIpc) is 3.28. The lowest BCUT2D eigenvalue weighted by atomic mass is 9.98. The van der Waals surface area contributed by atoms with E-state index in [-0.39, 0.29) is 11.8 Å². The monoisotopic (exact) mass is 442 g/mol. The molecule has 32 heavy (non-hydrogen) atoms. The minimum atomic E-state index is -0.403. The molecule has 0 aliphatic carbocycles. The first-order valence-corrected chi connectivity index (χ1v) is 10.8. The van der Waals surface area contributed by atoms with Gasteiger partial charge in [0, 0.05) is 11.4 Å². The predicted octanol–water partition coefficient (Wildman–Crippen LogP) is 7.63. The Morgan fingerprint density at radius 2 is 1.53 bits per heavy atom. The fraction of sp³-hybridized carbons (Fsp3) is 0.0741. The van der Waals surface area contributed by atoms with Gasteiger partial charge in [0.05, 0.1) is 17.4 Å². The highest BCUT2D eigenvalue weighted by molar-refractivity contribution is 6.30. The van der Waals surface area contributed by atoms with E-state index >= 15 is 0 Å². The van der Waals surface area contributed by atoms with Crippen LogP contribution in [0.25, 0.3) is 0 Å². The summed E-state index contributed by atoms with van der Waals surface area (Å²) < 4.78 is 20.7. The van der Waals surface area contributed by atoms with Gasteiger partial charge in [-0.05, 0) is 59.7 Å². The van der Waals surface area contributed by atoms with Crippen molar-refractivity contribution in [2.75, 3.05) is 5.01 Å². The van der Waals surface area contributed by atoms with Crippen LogP contribution < -0.4 is 9.75 Å². The first-order valence-electron chi connectivity index (χ1n) is 10.4. The molecule has 0 saturated heterocycles. The highest BCUT2D eigenvalue weighted by Crippen LogP contribution is 2.38. The molecule has 3 nitrogen and oxygen atoms in total. The molecular weight excluding hydrogens is 423 g/mol. The molecular formula is C27H20ClFN2O. The number of anilines is 1. The molecule has 0 N–H and O–H groups in total. The molecule has 1 unspecified atom stereocenters. The van der Waals surface area contributed by atoms with Crippen molar-refractivity contribution in [2.24, 2.45) is 5.10 Å². The van der Waals surface area contributed by atoms with Crippen LogP contribution >= 0.6 is 11.6 Å². The van der Waals surface area contributed by atoms with Crippen molar-refractivity contribution in [3.63, 3.8) is 0 Å². The average molecular weight is 443 g/mol. The zero-order chi connectivity index (χ0) is 21.9. The van der Waals surface area contributed by atoms with Gasteiger partial charge in [-0.15, -0.1) is 0 Å². The van der Waals surface area contributed by atoms with Crippen LogP contribution in [0.15, 0.2) is 108 Å². The van der Waals surface area contributed by atoms with E-state index < -0.39 is 5.82 Å². The zero-order valence-corrected chi connectivity index (χ0v) is 17.9. The van der Waals surface area contributed by atoms with Gasteiger partial charge < -0.3 is 4.74 Å². The summed E-state index contributed by atoms with van der Waals surface area (Å²) in [4.78, 5) is 0. The quantitative estimate of drug-likeness (QED) is 0.317. The maximum atomic E-state index is 15.0. The fourth-order valence-electron chi connectivity index (χ4n) is 3.83. The summed E-state index contributed by atoms with van der Waals surface area (Å²) >= 11 is 6.05. The third kappa shape index (κ3) is 4.23. The lowest BCUT2D eigenvalue weighted by Gasteiger charge is -2.24. The van der Waals surface area contributed by atoms with Crippen LogP contribution in [0.4, 0.5) is 10.1 Å². The van der Waals surface area contributed by atoms with Crippen LogP contribution in [0.1, 0.15) is 23.6 Å². The smallest absolute Gasteiger partial charge is 0.166 e. The molecule has 4 aromatic carbocycles. The lowest BCUT2D eigenvalue weighted by molar-refractivity contribution is 0.441. The topological polar surface area (TPSA) is 24.8 Å². The van der Waals surface area contributed by atoms with Gasteiger partial charge in [0.25, 0.3) is 0 Å². The molecule has 4 aromatic rings. The number of benzene rings is 4. The van der Waals surface area contributed by atoms with Crippen LogP contribution in [-0.4, -0.2) is 5.71 Å². The molecule has 1 heterocycles. The zero-order valence-electron chi connectivity index (χ0n) is 17.2. The van der Waals surface area contributed by atoms with Gasteiger partial charge in [-0.3, -0.25) is 5.01 Å². The van der Waals surface area contributed by atoms with Crippen LogP contribution in [0.2, 0.25) is 5.02 Å². The van der Waals surface area contributed by atoms with Crippen molar-refractivity contribution in [3.8, 4) is 11.5 Å². The normalized spacial score (nSPS) is 15.5. The number of rotatable bonds is 5. The van der Waals surface area contributed by atoms with E-state index in [0.717, 1.165) is 22.5 Å². The minimum Gasteiger partial charge on any atom is -0.454 e. The molecule has 158 valence electrons. The number of nitrogens with zero attached hydrogens (tertiary/aromatic N) is 2. The van der Waals surface area contributed by atoms with Crippen LogP contribution in [0.3, 0.4) is 0 Å². The number of hydrazone groups is 1. The van der Waals surface area contributed by atoms with Gasteiger partial charge >= 0.3 is 0 Å². The third-order valence-corrected chi connectivity index (χ3v) is 5.67. The Morgan fingerprint density at radius 3 is 2.22 bits per heavy atom. The Balaban J connectivity index is 1.47. The molecule has 0 saturated carbocycles. The number of ether oxygens (including phenoxy) is 1. The van der Waals surface area contributed by atoms with Crippen molar-refractivity contribution < 1.29 is 9.13 Å². The highest BCUT2D eigenvalue weighted by Gasteiger charge is 2.30. The number of halogens is 2. The van der Waals surface area contributed by atoms with E-state index in [1.165, 1.54) is 0 Å². The molecule has 0 amide bonds. The summed E-state index contributed by atoms with van der Waals surface area (Å²) in [5, 5.41) is 7.52. The summed E-state index contributed by atoms with van der Waals surface area (Å²) in [5.41, 5.74) is 3.72. The molecule has 1 aliphatic rings. The summed E-state index contributed by atoms with van der Waals surface area (Å²) in [7, 11) is 0. The van der Waals surface area contributed by atoms with Gasteiger partial charge in [0.15, 0.2) is 11.6 Å². The second kappa shape index (κ2) is 8.85. The van der Waals surface area contributed by atoms with Gasteiger partial charge in [-0.25, -0.2) is 4.39 Å². The van der Waals surface area contributed by atoms with Gasteiger partial charge in [0.1, 0.15) is 5.75 Å². The maximum Gasteiger partial charge on any atom is 0.166 e. The Morgan fingerprint density at radius 1 is 0.844 bits per heavy atom. The van der Waals surface area contributed by atoms with Crippen molar-refractivity contribution in [2.45, 2.75) is 12.5 Å². The second-order valence-corrected chi connectivity index (χ2v) is 8.00. The molecule has 5 rings (SSSR count). The molecule has 1 aliphatic heterocycles. The lowest BCUT2D eigenvalue weighted by Crippen LogP contribution is -2.18. The van der Waals surface area contributed by atoms with Crippen LogP contribution in [0.5, 0.6) is 11.5 Å². The van der Waals surface area contributed by atoms with Crippen molar-refractivity contribution in [1.29, 1.82) is 0 Å². The highest BCUT2D eigenvalue weighted by atomic mass is 35.5. The minimum absolute atomic E-state index is 0.136. The van der Waals surface area contributed by atoms with Gasteiger partial charge in [0.2, 0.25) is 0 Å². The van der Waals surface area contributed by atoms with Crippen molar-refractivity contribution in [3.05, 3.63) is 125 Å². The molecule has 0 bridgehead atoms. The van der Waals surface area contributed by atoms with E-state index in [2.05, 4.69) is 0 Å². The molecule has 0 aromatic heterocycles. The first-order chi connectivity index (χ1) is 15.7. The summed E-state index contributed by atoms with van der Waals surface area (Å²) in [5.74, 6) is 0.390. The summed E-state index contributed by atoms with van der Waals surface area (Å²) in [6.45, 7) is 0. The molecule has 0 radical (unpaired) electrons. The van der Waals surface area contributed by atoms with E-state index in [9.17, 15) is 4.39 Å². The standard InChI is InChI=1S/C27H20ClFN2O/c28-21-14-11-19(12-15-21)25-18-26(31(30-25)22-7-3-1-4-8-22)20-13-16-27(24(29)17-20)32-23-9-5-2-6-10-23/h1-17,26H,18H2. The Bertz CT molecular complexity index is 1240. The van der Waals surface area contributed by atoms with Gasteiger partial charge in [-0.1, -0.05) is 66.2 Å². The van der Waals surface area contributed by atoms with Crippen molar-refractivity contribution >= 4 is 23.0 Å². The van der Waals surface area contributed by atoms with E-state index in [0.29, 0.717) is 17.2 Å². The molecule has 0 spiro atoms. The fourth-order valence-corrected chi connectivity index (χ4v) is 3.95. The first kappa shape index (κ1) is 20.3. The van der Waals surface area contributed by atoms with E-state index in [1.54, 1.807) is 24.3 Å². The van der Waals surface area contributed by atoms with E-state index in [4.69, 9.17) is 21.4 Å². The number of hydrogen-bond acceptors (Lipinski definition) is 3. The summed E-state index contributed by atoms with van der Waals surface area (Å²) in [6.07, 6.45) is 0.648. The molecule has 5 heteroatoms. The third-order valence-electron chi connectivity index (χ3n) is 5.42. The van der Waals surface area contributed by atoms with Crippen LogP contribution in [0, 0.1) is 5.82 Å². The predicted molar refractivity (Wildman–Crippen MR) is 127 cm³/mol. The Kier molecular flexibility index (Phi) is 5.61. The number of para-hydroxylation sites is 2. The second-order valence-electron chi connectivity index (χ2n) is 7.56. The Hall–Kier alpha value is -3.63.